The van der Waals surface area contributed by atoms with Crippen molar-refractivity contribution >= 4 is 51.9 Å². The Morgan fingerprint density at radius 2 is 1.84 bits per heavy atom. The Labute approximate surface area is 203 Å². The highest BCUT2D eigenvalue weighted by atomic mass is 35.5. The highest BCUT2D eigenvalue weighted by molar-refractivity contribution is 8.26. The van der Waals surface area contributed by atoms with Crippen LogP contribution in [0.5, 0.6) is 17.2 Å². The molecule has 0 saturated carbocycles. The third-order valence-corrected chi connectivity index (χ3v) is 6.08. The summed E-state index contributed by atoms with van der Waals surface area (Å²) in [5, 5.41) is 0.587. The summed E-state index contributed by atoms with van der Waals surface area (Å²) in [5.74, 6) is 1.81. The SMILES string of the molecule is C=CCN1C(=O)/C(=C\c2ccc(OCCCOc3ccccc3Cl)c(OCC)c2)SC1=S. The quantitative estimate of drug-likeness (QED) is 0.168. The number of benzene rings is 2. The normalized spacial score (nSPS) is 14.7. The van der Waals surface area contributed by atoms with Crippen molar-refractivity contribution in [2.45, 2.75) is 13.3 Å². The first-order valence-electron chi connectivity index (χ1n) is 10.2. The van der Waals surface area contributed by atoms with Gasteiger partial charge in [-0.05, 0) is 42.8 Å². The molecule has 0 N–H and O–H groups in total. The first-order chi connectivity index (χ1) is 15.5. The summed E-state index contributed by atoms with van der Waals surface area (Å²) < 4.78 is 17.9. The number of carbonyl (C=O) groups excluding carboxylic acids is 1. The molecule has 1 fully saturated rings. The predicted molar refractivity (Wildman–Crippen MR) is 135 cm³/mol. The van der Waals surface area contributed by atoms with Crippen molar-refractivity contribution in [2.24, 2.45) is 0 Å². The highest BCUT2D eigenvalue weighted by Gasteiger charge is 2.31. The van der Waals surface area contributed by atoms with Gasteiger partial charge in [-0.3, -0.25) is 9.69 Å². The van der Waals surface area contributed by atoms with Gasteiger partial charge in [0, 0.05) is 13.0 Å². The minimum absolute atomic E-state index is 0.114. The van der Waals surface area contributed by atoms with Crippen LogP contribution in [0.4, 0.5) is 0 Å². The van der Waals surface area contributed by atoms with Crippen molar-refractivity contribution < 1.29 is 19.0 Å². The van der Waals surface area contributed by atoms with E-state index in [9.17, 15) is 4.79 Å². The summed E-state index contributed by atoms with van der Waals surface area (Å²) in [6, 6.07) is 13.0. The number of hydrogen-bond donors (Lipinski definition) is 0. The van der Waals surface area contributed by atoms with Crippen LogP contribution < -0.4 is 14.2 Å². The molecule has 0 bridgehead atoms. The number of nitrogens with zero attached hydrogens (tertiary/aromatic N) is 1. The van der Waals surface area contributed by atoms with Gasteiger partial charge in [0.15, 0.2) is 11.5 Å². The fraction of sp³-hybridized carbons (Fsp3) is 0.250. The van der Waals surface area contributed by atoms with Gasteiger partial charge in [0.2, 0.25) is 0 Å². The Kier molecular flexibility index (Phi) is 9.02. The van der Waals surface area contributed by atoms with Gasteiger partial charge in [-0.2, -0.15) is 0 Å². The minimum Gasteiger partial charge on any atom is -0.492 e. The lowest BCUT2D eigenvalue weighted by Gasteiger charge is -2.13. The highest BCUT2D eigenvalue weighted by Crippen LogP contribution is 2.35. The summed E-state index contributed by atoms with van der Waals surface area (Å²) in [4.78, 5) is 14.6. The van der Waals surface area contributed by atoms with Crippen LogP contribution >= 0.6 is 35.6 Å². The van der Waals surface area contributed by atoms with Gasteiger partial charge in [-0.15, -0.1) is 6.58 Å². The van der Waals surface area contributed by atoms with E-state index in [4.69, 9.17) is 38.0 Å². The van der Waals surface area contributed by atoms with Crippen molar-refractivity contribution in [3.63, 3.8) is 0 Å². The number of carbonyl (C=O) groups is 1. The summed E-state index contributed by atoms with van der Waals surface area (Å²) in [6.45, 7) is 7.43. The monoisotopic (exact) mass is 489 g/mol. The van der Waals surface area contributed by atoms with E-state index in [0.717, 1.165) is 5.56 Å². The van der Waals surface area contributed by atoms with Crippen molar-refractivity contribution in [1.29, 1.82) is 0 Å². The predicted octanol–water partition coefficient (Wildman–Crippen LogP) is 5.97. The van der Waals surface area contributed by atoms with E-state index in [1.807, 2.05) is 49.4 Å². The molecular weight excluding hydrogens is 466 g/mol. The second-order valence-corrected chi connectivity index (χ2v) is 8.78. The molecule has 0 unspecified atom stereocenters. The van der Waals surface area contributed by atoms with Gasteiger partial charge in [0.05, 0.1) is 29.7 Å². The number of amides is 1. The third-order valence-electron chi connectivity index (χ3n) is 4.39. The van der Waals surface area contributed by atoms with Gasteiger partial charge in [0.1, 0.15) is 10.1 Å². The van der Waals surface area contributed by atoms with Gasteiger partial charge in [0.25, 0.3) is 5.91 Å². The molecule has 1 aliphatic heterocycles. The number of para-hydroxylation sites is 1. The van der Waals surface area contributed by atoms with Crippen molar-refractivity contribution in [3.05, 3.63) is 70.6 Å². The Morgan fingerprint density at radius 1 is 1.09 bits per heavy atom. The first-order valence-corrected chi connectivity index (χ1v) is 11.8. The summed E-state index contributed by atoms with van der Waals surface area (Å²) in [5.41, 5.74) is 0.835. The molecule has 0 radical (unpaired) electrons. The lowest BCUT2D eigenvalue weighted by atomic mass is 10.2. The number of hydrogen-bond acceptors (Lipinski definition) is 6. The Hall–Kier alpha value is -2.48. The zero-order valence-corrected chi connectivity index (χ0v) is 20.1. The second kappa shape index (κ2) is 11.9. The standard InChI is InChI=1S/C24H24ClNO4S2/c1-3-12-26-23(27)22(32-24(26)31)16-17-10-11-20(21(15-17)28-4-2)30-14-7-13-29-19-9-6-5-8-18(19)25/h3,5-6,8-11,15-16H,1,4,7,12-14H2,2H3/b22-16+. The molecule has 3 rings (SSSR count). The van der Waals surface area contributed by atoms with E-state index < -0.39 is 0 Å². The van der Waals surface area contributed by atoms with Crippen molar-refractivity contribution in [3.8, 4) is 17.2 Å². The molecule has 5 nitrogen and oxygen atoms in total. The van der Waals surface area contributed by atoms with Crippen LogP contribution in [-0.2, 0) is 4.79 Å². The van der Waals surface area contributed by atoms with Crippen LogP contribution in [0.25, 0.3) is 6.08 Å². The fourth-order valence-electron chi connectivity index (χ4n) is 2.92. The zero-order chi connectivity index (χ0) is 22.9. The maximum atomic E-state index is 12.5. The number of rotatable bonds is 11. The molecule has 2 aromatic carbocycles. The molecule has 0 spiro atoms. The molecule has 1 saturated heterocycles. The molecule has 8 heteroatoms. The van der Waals surface area contributed by atoms with Gasteiger partial charge in [-0.1, -0.05) is 59.9 Å². The van der Waals surface area contributed by atoms with E-state index in [2.05, 4.69) is 6.58 Å². The van der Waals surface area contributed by atoms with Crippen molar-refractivity contribution in [1.82, 2.24) is 4.90 Å². The van der Waals surface area contributed by atoms with E-state index in [0.29, 0.717) is 64.3 Å². The molecule has 1 amide bonds. The molecule has 1 aliphatic rings. The maximum absolute atomic E-state index is 12.5. The largest absolute Gasteiger partial charge is 0.492 e. The van der Waals surface area contributed by atoms with Crippen LogP contribution in [-0.4, -0.2) is 41.5 Å². The second-order valence-electron chi connectivity index (χ2n) is 6.70. The molecular formula is C24H24ClNO4S2. The Balaban J connectivity index is 1.61. The van der Waals surface area contributed by atoms with E-state index in [-0.39, 0.29) is 5.91 Å². The summed E-state index contributed by atoms with van der Waals surface area (Å²) >= 11 is 12.7. The lowest BCUT2D eigenvalue weighted by molar-refractivity contribution is -0.121. The van der Waals surface area contributed by atoms with E-state index in [1.54, 1.807) is 12.1 Å². The molecule has 0 aromatic heterocycles. The van der Waals surface area contributed by atoms with E-state index >= 15 is 0 Å². The minimum atomic E-state index is -0.114. The van der Waals surface area contributed by atoms with Crippen molar-refractivity contribution in [2.75, 3.05) is 26.4 Å². The van der Waals surface area contributed by atoms with Crippen LogP contribution in [0.15, 0.2) is 60.0 Å². The summed E-state index contributed by atoms with van der Waals surface area (Å²) in [7, 11) is 0. The third kappa shape index (κ3) is 6.28. The maximum Gasteiger partial charge on any atom is 0.266 e. The average Bonchev–Trinajstić information content (AvgIpc) is 3.04. The van der Waals surface area contributed by atoms with E-state index in [1.165, 1.54) is 16.7 Å². The molecule has 0 atom stereocenters. The van der Waals surface area contributed by atoms with Gasteiger partial charge < -0.3 is 14.2 Å². The Morgan fingerprint density at radius 3 is 2.56 bits per heavy atom. The summed E-state index contributed by atoms with van der Waals surface area (Å²) in [6.07, 6.45) is 4.16. The smallest absolute Gasteiger partial charge is 0.266 e. The Bertz CT molecular complexity index is 1020. The molecule has 32 heavy (non-hydrogen) atoms. The number of thiocarbonyl (C=S) groups is 1. The number of thioether (sulfide) groups is 1. The lowest BCUT2D eigenvalue weighted by Crippen LogP contribution is -2.27. The first kappa shape index (κ1) is 24.2. The fourth-order valence-corrected chi connectivity index (χ4v) is 4.39. The number of ether oxygens (including phenoxy) is 3. The zero-order valence-electron chi connectivity index (χ0n) is 17.7. The van der Waals surface area contributed by atoms with Gasteiger partial charge in [-0.25, -0.2) is 0 Å². The molecule has 1 heterocycles. The molecule has 0 aliphatic carbocycles. The van der Waals surface area contributed by atoms with Crippen LogP contribution in [0.3, 0.4) is 0 Å². The average molecular weight is 490 g/mol. The van der Waals surface area contributed by atoms with Crippen LogP contribution in [0.2, 0.25) is 5.02 Å². The van der Waals surface area contributed by atoms with Crippen LogP contribution in [0.1, 0.15) is 18.9 Å². The van der Waals surface area contributed by atoms with Crippen LogP contribution in [0, 0.1) is 0 Å². The molecule has 168 valence electrons. The molecule has 2 aromatic rings. The topological polar surface area (TPSA) is 48.0 Å². The number of halogens is 1. The van der Waals surface area contributed by atoms with Gasteiger partial charge >= 0.3 is 0 Å².